The quantitative estimate of drug-likeness (QED) is 0.390. The van der Waals surface area contributed by atoms with E-state index in [4.69, 9.17) is 9.47 Å². The predicted molar refractivity (Wildman–Crippen MR) is 136 cm³/mol. The standard InChI is InChI=1S/C27H24N4O4S/c1-31(27(33)21-5-3-2-4-6-21)14-13-24-29-26(36-30-24)20-10-8-19(9-11-20)25(32)28-16-18-7-12-22-23(15-18)35-17-34-22/h2-12,15H,13-14,16-17H2,1H3,(H,28,32). The van der Waals surface area contributed by atoms with Crippen LogP contribution in [-0.4, -0.2) is 46.5 Å². The fraction of sp³-hybridized carbons (Fsp3) is 0.185. The van der Waals surface area contributed by atoms with Crippen LogP contribution in [0.1, 0.15) is 32.1 Å². The van der Waals surface area contributed by atoms with Crippen LogP contribution in [0.4, 0.5) is 0 Å². The molecular weight excluding hydrogens is 476 g/mol. The van der Waals surface area contributed by atoms with E-state index >= 15 is 0 Å². The fourth-order valence-electron chi connectivity index (χ4n) is 3.74. The van der Waals surface area contributed by atoms with Crippen molar-refractivity contribution >= 4 is 23.3 Å². The van der Waals surface area contributed by atoms with Crippen molar-refractivity contribution in [2.75, 3.05) is 20.4 Å². The number of nitrogens with zero attached hydrogens (tertiary/aromatic N) is 3. The summed E-state index contributed by atoms with van der Waals surface area (Å²) in [5.41, 5.74) is 3.04. The normalized spacial score (nSPS) is 11.8. The van der Waals surface area contributed by atoms with E-state index in [0.717, 1.165) is 16.1 Å². The van der Waals surface area contributed by atoms with E-state index in [0.29, 0.717) is 48.0 Å². The molecule has 5 rings (SSSR count). The number of hydrogen-bond acceptors (Lipinski definition) is 7. The van der Waals surface area contributed by atoms with Gasteiger partial charge >= 0.3 is 0 Å². The second-order valence-electron chi connectivity index (χ2n) is 8.31. The number of benzene rings is 3. The Kier molecular flexibility index (Phi) is 6.90. The van der Waals surface area contributed by atoms with Gasteiger partial charge in [0, 0.05) is 43.2 Å². The lowest BCUT2D eigenvalue weighted by atomic mass is 10.1. The van der Waals surface area contributed by atoms with E-state index in [1.165, 1.54) is 11.5 Å². The molecule has 9 heteroatoms. The first-order chi connectivity index (χ1) is 17.6. The molecule has 0 saturated carbocycles. The number of carbonyl (C=O) groups is 2. The molecule has 0 spiro atoms. The molecule has 2 heterocycles. The zero-order valence-corrected chi connectivity index (χ0v) is 20.5. The van der Waals surface area contributed by atoms with Crippen LogP contribution in [0.2, 0.25) is 0 Å². The van der Waals surface area contributed by atoms with Crippen LogP contribution in [0.3, 0.4) is 0 Å². The molecule has 1 aromatic heterocycles. The van der Waals surface area contributed by atoms with E-state index in [2.05, 4.69) is 14.7 Å². The maximum Gasteiger partial charge on any atom is 0.253 e. The van der Waals surface area contributed by atoms with Gasteiger partial charge in [-0.2, -0.15) is 4.37 Å². The van der Waals surface area contributed by atoms with E-state index in [9.17, 15) is 9.59 Å². The summed E-state index contributed by atoms with van der Waals surface area (Å²) in [5, 5.41) is 3.70. The van der Waals surface area contributed by atoms with E-state index in [1.807, 2.05) is 48.5 Å². The zero-order chi connectivity index (χ0) is 24.9. The zero-order valence-electron chi connectivity index (χ0n) is 19.6. The van der Waals surface area contributed by atoms with Crippen molar-refractivity contribution in [2.24, 2.45) is 0 Å². The molecule has 3 aromatic carbocycles. The van der Waals surface area contributed by atoms with Crippen molar-refractivity contribution < 1.29 is 19.1 Å². The van der Waals surface area contributed by atoms with Gasteiger partial charge < -0.3 is 19.7 Å². The van der Waals surface area contributed by atoms with Gasteiger partial charge in [-0.05, 0) is 53.5 Å². The third-order valence-electron chi connectivity index (χ3n) is 5.79. The van der Waals surface area contributed by atoms with Gasteiger partial charge in [0.2, 0.25) is 6.79 Å². The number of fused-ring (bicyclic) bond motifs is 1. The van der Waals surface area contributed by atoms with Crippen LogP contribution < -0.4 is 14.8 Å². The van der Waals surface area contributed by atoms with Crippen LogP contribution in [0.5, 0.6) is 11.5 Å². The first-order valence-corrected chi connectivity index (χ1v) is 12.2. The molecule has 2 amide bonds. The molecule has 182 valence electrons. The first kappa shape index (κ1) is 23.5. The Balaban J connectivity index is 1.14. The minimum absolute atomic E-state index is 0.0292. The average molecular weight is 501 g/mol. The molecule has 1 aliphatic heterocycles. The lowest BCUT2D eigenvalue weighted by Gasteiger charge is -2.16. The van der Waals surface area contributed by atoms with Gasteiger partial charge in [0.15, 0.2) is 11.5 Å². The summed E-state index contributed by atoms with van der Waals surface area (Å²) in [6.07, 6.45) is 0.561. The number of likely N-dealkylation sites (N-methyl/N-ethyl adjacent to an activating group) is 1. The summed E-state index contributed by atoms with van der Waals surface area (Å²) in [6.45, 7) is 1.13. The summed E-state index contributed by atoms with van der Waals surface area (Å²) in [7, 11) is 1.78. The van der Waals surface area contributed by atoms with Gasteiger partial charge in [0.05, 0.1) is 0 Å². The van der Waals surface area contributed by atoms with Crippen LogP contribution in [0, 0.1) is 0 Å². The van der Waals surface area contributed by atoms with Crippen molar-refractivity contribution in [1.82, 2.24) is 19.6 Å². The minimum Gasteiger partial charge on any atom is -0.454 e. The molecule has 1 N–H and O–H groups in total. The number of carbonyl (C=O) groups excluding carboxylic acids is 2. The third-order valence-corrected chi connectivity index (χ3v) is 6.59. The lowest BCUT2D eigenvalue weighted by Crippen LogP contribution is -2.28. The van der Waals surface area contributed by atoms with Crippen molar-refractivity contribution in [2.45, 2.75) is 13.0 Å². The predicted octanol–water partition coefficient (Wildman–Crippen LogP) is 4.18. The number of rotatable bonds is 8. The molecule has 0 aliphatic carbocycles. The highest BCUT2D eigenvalue weighted by atomic mass is 32.1. The SMILES string of the molecule is CN(CCc1nsc(-c2ccc(C(=O)NCc3ccc4c(c3)OCO4)cc2)n1)C(=O)c1ccccc1. The molecule has 4 aromatic rings. The Morgan fingerprint density at radius 2 is 1.75 bits per heavy atom. The average Bonchev–Trinajstić information content (AvgIpc) is 3.60. The number of amides is 2. The van der Waals surface area contributed by atoms with Crippen LogP contribution >= 0.6 is 11.5 Å². The molecule has 0 saturated heterocycles. The van der Waals surface area contributed by atoms with Gasteiger partial charge in [-0.1, -0.05) is 36.4 Å². The van der Waals surface area contributed by atoms with Gasteiger partial charge in [-0.25, -0.2) is 4.98 Å². The number of aromatic nitrogens is 2. The van der Waals surface area contributed by atoms with Crippen molar-refractivity contribution in [3.8, 4) is 22.1 Å². The number of ether oxygens (including phenoxy) is 2. The van der Waals surface area contributed by atoms with Crippen molar-refractivity contribution in [1.29, 1.82) is 0 Å². The Bertz CT molecular complexity index is 1370. The Labute approximate surface area is 212 Å². The van der Waals surface area contributed by atoms with E-state index < -0.39 is 0 Å². The van der Waals surface area contributed by atoms with E-state index in [1.54, 1.807) is 36.2 Å². The smallest absolute Gasteiger partial charge is 0.253 e. The number of nitrogens with one attached hydrogen (secondary N) is 1. The molecular formula is C27H24N4O4S. The summed E-state index contributed by atoms with van der Waals surface area (Å²) < 4.78 is 15.1. The lowest BCUT2D eigenvalue weighted by molar-refractivity contribution is 0.0795. The van der Waals surface area contributed by atoms with Gasteiger partial charge in [-0.3, -0.25) is 9.59 Å². The maximum atomic E-state index is 12.6. The molecule has 0 fully saturated rings. The van der Waals surface area contributed by atoms with Gasteiger partial charge in [0.25, 0.3) is 11.8 Å². The monoisotopic (exact) mass is 500 g/mol. The topological polar surface area (TPSA) is 93.7 Å². The van der Waals surface area contributed by atoms with Crippen LogP contribution in [0.15, 0.2) is 72.8 Å². The first-order valence-electron chi connectivity index (χ1n) is 11.5. The fourth-order valence-corrected chi connectivity index (χ4v) is 4.45. The second kappa shape index (κ2) is 10.6. The highest BCUT2D eigenvalue weighted by molar-refractivity contribution is 7.09. The largest absolute Gasteiger partial charge is 0.454 e. The molecule has 1 aliphatic rings. The highest BCUT2D eigenvalue weighted by Crippen LogP contribution is 2.32. The van der Waals surface area contributed by atoms with Gasteiger partial charge in [0.1, 0.15) is 10.8 Å². The molecule has 8 nitrogen and oxygen atoms in total. The van der Waals surface area contributed by atoms with Crippen LogP contribution in [0.25, 0.3) is 10.6 Å². The molecule has 36 heavy (non-hydrogen) atoms. The minimum atomic E-state index is -0.164. The Morgan fingerprint density at radius 1 is 0.972 bits per heavy atom. The summed E-state index contributed by atoms with van der Waals surface area (Å²) in [6, 6.07) is 22.1. The van der Waals surface area contributed by atoms with Crippen molar-refractivity contribution in [3.63, 3.8) is 0 Å². The number of hydrogen-bond donors (Lipinski definition) is 1. The van der Waals surface area contributed by atoms with Crippen LogP contribution in [-0.2, 0) is 13.0 Å². The second-order valence-corrected chi connectivity index (χ2v) is 9.06. The Hall–Kier alpha value is -4.24. The van der Waals surface area contributed by atoms with Crippen molar-refractivity contribution in [3.05, 3.63) is 95.3 Å². The molecule has 0 bridgehead atoms. The van der Waals surface area contributed by atoms with Gasteiger partial charge in [-0.15, -0.1) is 0 Å². The molecule has 0 radical (unpaired) electrons. The summed E-state index contributed by atoms with van der Waals surface area (Å²) in [5.74, 6) is 1.90. The Morgan fingerprint density at radius 3 is 2.56 bits per heavy atom. The highest BCUT2D eigenvalue weighted by Gasteiger charge is 2.15. The maximum absolute atomic E-state index is 12.6. The molecule has 0 unspecified atom stereocenters. The van der Waals surface area contributed by atoms with E-state index in [-0.39, 0.29) is 18.6 Å². The summed E-state index contributed by atoms with van der Waals surface area (Å²) >= 11 is 1.30. The molecule has 0 atom stereocenters. The third kappa shape index (κ3) is 5.36. The summed E-state index contributed by atoms with van der Waals surface area (Å²) in [4.78, 5) is 31.4.